The maximum atomic E-state index is 12.7. The van der Waals surface area contributed by atoms with E-state index in [9.17, 15) is 9.59 Å². The third-order valence-electron chi connectivity index (χ3n) is 4.78. The summed E-state index contributed by atoms with van der Waals surface area (Å²) in [6.45, 7) is 8.47. The van der Waals surface area contributed by atoms with Gasteiger partial charge in [-0.05, 0) is 45.4 Å². The zero-order chi connectivity index (χ0) is 24.7. The highest BCUT2D eigenvalue weighted by Gasteiger charge is 2.22. The van der Waals surface area contributed by atoms with Gasteiger partial charge in [-0.2, -0.15) is 0 Å². The molecule has 1 N–H and O–H groups in total. The number of esters is 1. The second-order valence-electron chi connectivity index (χ2n) is 7.14. The van der Waals surface area contributed by atoms with E-state index in [1.54, 1.807) is 25.1 Å². The summed E-state index contributed by atoms with van der Waals surface area (Å²) < 4.78 is 13.0. The van der Waals surface area contributed by atoms with Crippen molar-refractivity contribution in [2.24, 2.45) is 0 Å². The average Bonchev–Trinajstić information content (AvgIpc) is 3.43. The Kier molecular flexibility index (Phi) is 9.37. The average molecular weight is 523 g/mol. The van der Waals surface area contributed by atoms with E-state index in [1.165, 1.54) is 23.1 Å². The molecule has 2 heterocycles. The lowest BCUT2D eigenvalue weighted by molar-refractivity contribution is -0.113. The smallest absolute Gasteiger partial charge is 0.341 e. The van der Waals surface area contributed by atoms with Crippen molar-refractivity contribution >= 4 is 51.6 Å². The first-order valence-electron chi connectivity index (χ1n) is 10.9. The molecule has 0 aliphatic carbocycles. The number of carbonyl (C=O) groups excluding carboxylic acids is 2. The number of amides is 1. The Morgan fingerprint density at radius 3 is 2.68 bits per heavy atom. The number of aryl methyl sites for hydroxylation is 1. The van der Waals surface area contributed by atoms with Gasteiger partial charge in [-0.15, -0.1) is 21.5 Å². The van der Waals surface area contributed by atoms with Gasteiger partial charge in [0.05, 0.1) is 22.9 Å². The van der Waals surface area contributed by atoms with Gasteiger partial charge in [0.2, 0.25) is 5.91 Å². The van der Waals surface area contributed by atoms with E-state index in [0.717, 1.165) is 11.3 Å². The Labute approximate surface area is 212 Å². The number of rotatable bonds is 11. The van der Waals surface area contributed by atoms with Crippen molar-refractivity contribution in [3.05, 3.63) is 51.6 Å². The highest BCUT2D eigenvalue weighted by Crippen LogP contribution is 2.31. The minimum Gasteiger partial charge on any atom is -0.481 e. The Morgan fingerprint density at radius 2 is 2.00 bits per heavy atom. The third-order valence-corrected chi connectivity index (χ3v) is 7.25. The largest absolute Gasteiger partial charge is 0.481 e. The number of halogens is 1. The van der Waals surface area contributed by atoms with Gasteiger partial charge in [-0.1, -0.05) is 42.4 Å². The molecule has 0 saturated heterocycles. The van der Waals surface area contributed by atoms with Crippen molar-refractivity contribution in [2.45, 2.75) is 51.9 Å². The quantitative estimate of drug-likeness (QED) is 0.258. The molecule has 182 valence electrons. The summed E-state index contributed by atoms with van der Waals surface area (Å²) in [6, 6.07) is 9.01. The fourth-order valence-electron chi connectivity index (χ4n) is 3.15. The first-order valence-corrected chi connectivity index (χ1v) is 13.1. The number of benzene rings is 1. The number of carbonyl (C=O) groups is 2. The summed E-state index contributed by atoms with van der Waals surface area (Å²) in [4.78, 5) is 25.9. The van der Waals surface area contributed by atoms with E-state index >= 15 is 0 Å². The molecule has 0 aliphatic rings. The number of nitrogens with one attached hydrogen (secondary N) is 1. The lowest BCUT2D eigenvalue weighted by Gasteiger charge is -2.16. The lowest BCUT2D eigenvalue weighted by Crippen LogP contribution is -2.16. The number of thioether (sulfide) groups is 1. The summed E-state index contributed by atoms with van der Waals surface area (Å²) in [6.07, 6.45) is 0.375. The molecule has 0 spiro atoms. The molecule has 1 unspecified atom stereocenters. The Morgan fingerprint density at radius 1 is 1.24 bits per heavy atom. The van der Waals surface area contributed by atoms with Crippen molar-refractivity contribution in [1.82, 2.24) is 14.8 Å². The number of thiophene rings is 1. The van der Waals surface area contributed by atoms with Crippen LogP contribution in [0.25, 0.3) is 0 Å². The number of para-hydroxylation sites is 1. The monoisotopic (exact) mass is 522 g/mol. The fourth-order valence-corrected chi connectivity index (χ4v) is 5.14. The number of hydrogen-bond donors (Lipinski definition) is 1. The first-order chi connectivity index (χ1) is 16.4. The number of anilines is 1. The SMILES string of the molecule is CCOC(=O)c1cc(CC)sc1NC(=O)CSc1nnc(C(C)Oc2ccccc2Cl)n1CC. The van der Waals surface area contributed by atoms with Crippen molar-refractivity contribution in [3.8, 4) is 5.75 Å². The summed E-state index contributed by atoms with van der Waals surface area (Å²) in [5.41, 5.74) is 0.381. The Bertz CT molecular complexity index is 1150. The van der Waals surface area contributed by atoms with Crippen LogP contribution in [-0.2, 0) is 22.5 Å². The molecule has 2 aromatic heterocycles. The normalized spacial score (nSPS) is 11.8. The van der Waals surface area contributed by atoms with Gasteiger partial charge in [-0.3, -0.25) is 4.79 Å². The molecular formula is C23H27ClN4O4S2. The molecule has 3 rings (SSSR count). The van der Waals surface area contributed by atoms with Crippen LogP contribution in [0.2, 0.25) is 5.02 Å². The number of aromatic nitrogens is 3. The predicted molar refractivity (Wildman–Crippen MR) is 135 cm³/mol. The van der Waals surface area contributed by atoms with Crippen LogP contribution in [0, 0.1) is 0 Å². The molecule has 1 atom stereocenters. The van der Waals surface area contributed by atoms with Crippen LogP contribution in [0.3, 0.4) is 0 Å². The second kappa shape index (κ2) is 12.2. The molecule has 1 amide bonds. The molecule has 0 bridgehead atoms. The van der Waals surface area contributed by atoms with Crippen LogP contribution in [0.5, 0.6) is 5.75 Å². The second-order valence-corrected chi connectivity index (χ2v) is 9.63. The zero-order valence-corrected chi connectivity index (χ0v) is 21.9. The summed E-state index contributed by atoms with van der Waals surface area (Å²) >= 11 is 8.85. The van der Waals surface area contributed by atoms with Gasteiger partial charge in [-0.25, -0.2) is 4.79 Å². The lowest BCUT2D eigenvalue weighted by atomic mass is 10.2. The maximum absolute atomic E-state index is 12.7. The minimum atomic E-state index is -0.440. The van der Waals surface area contributed by atoms with Crippen molar-refractivity contribution in [3.63, 3.8) is 0 Å². The Hall–Kier alpha value is -2.56. The Balaban J connectivity index is 1.66. The number of ether oxygens (including phenoxy) is 2. The highest BCUT2D eigenvalue weighted by molar-refractivity contribution is 7.99. The first kappa shape index (κ1) is 26.1. The predicted octanol–water partition coefficient (Wildman–Crippen LogP) is 5.62. The van der Waals surface area contributed by atoms with Gasteiger partial charge in [0.1, 0.15) is 10.8 Å². The van der Waals surface area contributed by atoms with E-state index < -0.39 is 5.97 Å². The number of hydrogen-bond acceptors (Lipinski definition) is 8. The van der Waals surface area contributed by atoms with Crippen LogP contribution < -0.4 is 10.1 Å². The molecule has 0 saturated carbocycles. The fraction of sp³-hybridized carbons (Fsp3) is 0.391. The highest BCUT2D eigenvalue weighted by atomic mass is 35.5. The van der Waals surface area contributed by atoms with Crippen LogP contribution >= 0.6 is 34.7 Å². The molecule has 0 fully saturated rings. The van der Waals surface area contributed by atoms with Crippen LogP contribution in [0.15, 0.2) is 35.5 Å². The van der Waals surface area contributed by atoms with E-state index in [0.29, 0.717) is 38.9 Å². The third kappa shape index (κ3) is 6.31. The molecule has 8 nitrogen and oxygen atoms in total. The van der Waals surface area contributed by atoms with Crippen molar-refractivity contribution in [1.29, 1.82) is 0 Å². The molecule has 34 heavy (non-hydrogen) atoms. The van der Waals surface area contributed by atoms with E-state index in [2.05, 4.69) is 15.5 Å². The van der Waals surface area contributed by atoms with Gasteiger partial charge in [0.15, 0.2) is 17.1 Å². The van der Waals surface area contributed by atoms with Gasteiger partial charge in [0.25, 0.3) is 0 Å². The molecular weight excluding hydrogens is 496 g/mol. The molecule has 0 radical (unpaired) electrons. The van der Waals surface area contributed by atoms with E-state index in [4.69, 9.17) is 21.1 Å². The van der Waals surface area contributed by atoms with Crippen LogP contribution in [0.1, 0.15) is 54.9 Å². The minimum absolute atomic E-state index is 0.111. The topological polar surface area (TPSA) is 95.3 Å². The molecule has 1 aromatic carbocycles. The number of nitrogens with zero attached hydrogens (tertiary/aromatic N) is 3. The van der Waals surface area contributed by atoms with Crippen LogP contribution in [0.4, 0.5) is 5.00 Å². The van der Waals surface area contributed by atoms with Gasteiger partial charge in [0, 0.05) is 11.4 Å². The van der Waals surface area contributed by atoms with E-state index in [1.807, 2.05) is 37.5 Å². The van der Waals surface area contributed by atoms with Gasteiger partial charge >= 0.3 is 5.97 Å². The zero-order valence-electron chi connectivity index (χ0n) is 19.5. The van der Waals surface area contributed by atoms with Crippen molar-refractivity contribution in [2.75, 3.05) is 17.7 Å². The summed E-state index contributed by atoms with van der Waals surface area (Å²) in [7, 11) is 0. The molecule has 3 aromatic rings. The maximum Gasteiger partial charge on any atom is 0.341 e. The van der Waals surface area contributed by atoms with E-state index in [-0.39, 0.29) is 24.4 Å². The van der Waals surface area contributed by atoms with Crippen molar-refractivity contribution < 1.29 is 19.1 Å². The summed E-state index contributed by atoms with van der Waals surface area (Å²) in [5.74, 6) is 0.632. The molecule has 11 heteroatoms. The van der Waals surface area contributed by atoms with Gasteiger partial charge < -0.3 is 19.4 Å². The molecule has 0 aliphatic heterocycles. The summed E-state index contributed by atoms with van der Waals surface area (Å²) in [5, 5.41) is 13.0. The standard InChI is InChI=1S/C23H27ClN4O4S2/c1-5-15-12-16(22(30)31-7-3)21(34-15)25-19(29)13-33-23-27-26-20(28(23)6-2)14(4)32-18-11-9-8-10-17(18)24/h8-12,14H,5-7,13H2,1-4H3,(H,25,29). The van der Waals surface area contributed by atoms with Crippen LogP contribution in [-0.4, -0.2) is 39.0 Å².